The predicted molar refractivity (Wildman–Crippen MR) is 56.4 cm³/mol. The largest absolute Gasteiger partial charge is 0.388 e. The average Bonchev–Trinajstić information content (AvgIpc) is 2.08. The monoisotopic (exact) mass is 218 g/mol. The van der Waals surface area contributed by atoms with Crippen LogP contribution in [0.4, 0.5) is 0 Å². The molecule has 0 saturated carbocycles. The van der Waals surface area contributed by atoms with Crippen LogP contribution in [0.15, 0.2) is 0 Å². The molecule has 0 aliphatic carbocycles. The SMILES string of the molecule is CC1OC(CC(C)(C)C)C(O)C(O)C1O. The van der Waals surface area contributed by atoms with E-state index in [9.17, 15) is 15.3 Å². The molecule has 0 spiro atoms. The summed E-state index contributed by atoms with van der Waals surface area (Å²) < 4.78 is 5.50. The number of ether oxygens (including phenoxy) is 1. The zero-order valence-electron chi connectivity index (χ0n) is 9.84. The Hall–Kier alpha value is -0.160. The fourth-order valence-corrected chi connectivity index (χ4v) is 1.91. The van der Waals surface area contributed by atoms with Crippen molar-refractivity contribution in [1.82, 2.24) is 0 Å². The fourth-order valence-electron chi connectivity index (χ4n) is 1.91. The number of hydrogen-bond donors (Lipinski definition) is 3. The van der Waals surface area contributed by atoms with Crippen LogP contribution in [0.25, 0.3) is 0 Å². The zero-order chi connectivity index (χ0) is 11.8. The van der Waals surface area contributed by atoms with Crippen molar-refractivity contribution in [3.05, 3.63) is 0 Å². The molecule has 1 heterocycles. The van der Waals surface area contributed by atoms with Crippen molar-refractivity contribution in [2.24, 2.45) is 5.41 Å². The Kier molecular flexibility index (Phi) is 3.76. The van der Waals surface area contributed by atoms with E-state index in [0.29, 0.717) is 6.42 Å². The molecular formula is C11H22O4. The van der Waals surface area contributed by atoms with Crippen LogP contribution < -0.4 is 0 Å². The van der Waals surface area contributed by atoms with E-state index in [1.807, 2.05) is 20.8 Å². The van der Waals surface area contributed by atoms with E-state index >= 15 is 0 Å². The molecular weight excluding hydrogens is 196 g/mol. The van der Waals surface area contributed by atoms with Gasteiger partial charge in [0.05, 0.1) is 12.2 Å². The van der Waals surface area contributed by atoms with E-state index in [1.165, 1.54) is 0 Å². The van der Waals surface area contributed by atoms with Crippen molar-refractivity contribution in [3.63, 3.8) is 0 Å². The number of hydrogen-bond acceptors (Lipinski definition) is 4. The summed E-state index contributed by atoms with van der Waals surface area (Å²) >= 11 is 0. The van der Waals surface area contributed by atoms with Crippen molar-refractivity contribution < 1.29 is 20.1 Å². The van der Waals surface area contributed by atoms with Gasteiger partial charge in [0.2, 0.25) is 0 Å². The summed E-state index contributed by atoms with van der Waals surface area (Å²) in [5, 5.41) is 28.9. The first-order chi connectivity index (χ1) is 6.72. The van der Waals surface area contributed by atoms with Crippen molar-refractivity contribution in [2.75, 3.05) is 0 Å². The molecule has 90 valence electrons. The van der Waals surface area contributed by atoms with Gasteiger partial charge in [0.15, 0.2) is 0 Å². The molecule has 1 rings (SSSR count). The third kappa shape index (κ3) is 3.14. The summed E-state index contributed by atoms with van der Waals surface area (Å²) in [5.41, 5.74) is 0.0212. The van der Waals surface area contributed by atoms with Crippen molar-refractivity contribution in [3.8, 4) is 0 Å². The molecule has 0 aromatic carbocycles. The van der Waals surface area contributed by atoms with Gasteiger partial charge in [-0.2, -0.15) is 0 Å². The Bertz CT molecular complexity index is 211. The van der Waals surface area contributed by atoms with Crippen LogP contribution in [0.1, 0.15) is 34.1 Å². The lowest BCUT2D eigenvalue weighted by Crippen LogP contribution is -2.57. The molecule has 0 aromatic rings. The van der Waals surface area contributed by atoms with Crippen molar-refractivity contribution >= 4 is 0 Å². The van der Waals surface area contributed by atoms with Crippen LogP contribution >= 0.6 is 0 Å². The minimum Gasteiger partial charge on any atom is -0.388 e. The zero-order valence-corrected chi connectivity index (χ0v) is 9.84. The minimum absolute atomic E-state index is 0.0212. The lowest BCUT2D eigenvalue weighted by Gasteiger charge is -2.41. The second-order valence-electron chi connectivity index (χ2n) is 5.62. The van der Waals surface area contributed by atoms with Gasteiger partial charge < -0.3 is 20.1 Å². The predicted octanol–water partition coefficient (Wildman–Crippen LogP) is 0.293. The Labute approximate surface area is 90.9 Å². The molecule has 15 heavy (non-hydrogen) atoms. The summed E-state index contributed by atoms with van der Waals surface area (Å²) in [6, 6.07) is 0. The summed E-state index contributed by atoms with van der Waals surface area (Å²) in [5.74, 6) is 0. The molecule has 0 amide bonds. The van der Waals surface area contributed by atoms with Gasteiger partial charge in [0.25, 0.3) is 0 Å². The maximum atomic E-state index is 9.75. The van der Waals surface area contributed by atoms with Gasteiger partial charge in [-0.15, -0.1) is 0 Å². The molecule has 0 aromatic heterocycles. The molecule has 3 N–H and O–H groups in total. The van der Waals surface area contributed by atoms with Crippen molar-refractivity contribution in [1.29, 1.82) is 0 Å². The average molecular weight is 218 g/mol. The van der Waals surface area contributed by atoms with Crippen LogP contribution in [0, 0.1) is 5.41 Å². The van der Waals surface area contributed by atoms with Gasteiger partial charge >= 0.3 is 0 Å². The van der Waals surface area contributed by atoms with Gasteiger partial charge in [-0.1, -0.05) is 20.8 Å². The minimum atomic E-state index is -1.11. The van der Waals surface area contributed by atoms with Gasteiger partial charge in [-0.25, -0.2) is 0 Å². The molecule has 1 aliphatic heterocycles. The Morgan fingerprint density at radius 1 is 1.00 bits per heavy atom. The summed E-state index contributed by atoms with van der Waals surface area (Å²) in [4.78, 5) is 0. The summed E-state index contributed by atoms with van der Waals surface area (Å²) in [6.07, 6.45) is -3.30. The number of aliphatic hydroxyl groups excluding tert-OH is 3. The van der Waals surface area contributed by atoms with Crippen LogP contribution in [0.3, 0.4) is 0 Å². The van der Waals surface area contributed by atoms with E-state index in [2.05, 4.69) is 0 Å². The molecule has 1 aliphatic rings. The standard InChI is InChI=1S/C11H22O4/c1-6-8(12)10(14)9(13)7(15-6)5-11(2,3)4/h6-10,12-14H,5H2,1-4H3. The lowest BCUT2D eigenvalue weighted by molar-refractivity contribution is -0.222. The Morgan fingerprint density at radius 3 is 2.00 bits per heavy atom. The van der Waals surface area contributed by atoms with E-state index in [-0.39, 0.29) is 5.41 Å². The highest BCUT2D eigenvalue weighted by Gasteiger charge is 2.42. The molecule has 0 bridgehead atoms. The molecule has 4 heteroatoms. The highest BCUT2D eigenvalue weighted by molar-refractivity contribution is 4.91. The van der Waals surface area contributed by atoms with E-state index < -0.39 is 30.5 Å². The van der Waals surface area contributed by atoms with E-state index in [1.54, 1.807) is 6.92 Å². The quantitative estimate of drug-likeness (QED) is 0.592. The molecule has 0 radical (unpaired) electrons. The van der Waals surface area contributed by atoms with Crippen molar-refractivity contribution in [2.45, 2.75) is 64.6 Å². The first-order valence-electron chi connectivity index (χ1n) is 5.42. The number of rotatable bonds is 1. The number of aliphatic hydroxyl groups is 3. The Morgan fingerprint density at radius 2 is 1.53 bits per heavy atom. The second-order valence-corrected chi connectivity index (χ2v) is 5.62. The first-order valence-corrected chi connectivity index (χ1v) is 5.42. The smallest absolute Gasteiger partial charge is 0.111 e. The maximum absolute atomic E-state index is 9.75. The summed E-state index contributed by atoms with van der Waals surface area (Å²) in [7, 11) is 0. The molecule has 1 saturated heterocycles. The lowest BCUT2D eigenvalue weighted by atomic mass is 9.84. The summed E-state index contributed by atoms with van der Waals surface area (Å²) in [6.45, 7) is 7.84. The molecule has 4 nitrogen and oxygen atoms in total. The molecule has 5 unspecified atom stereocenters. The van der Waals surface area contributed by atoms with Crippen LogP contribution in [0.2, 0.25) is 0 Å². The van der Waals surface area contributed by atoms with Gasteiger partial charge in [0.1, 0.15) is 18.3 Å². The van der Waals surface area contributed by atoms with E-state index in [4.69, 9.17) is 4.74 Å². The second kappa shape index (κ2) is 4.37. The third-order valence-electron chi connectivity index (χ3n) is 2.76. The maximum Gasteiger partial charge on any atom is 0.111 e. The van der Waals surface area contributed by atoms with Crippen LogP contribution in [-0.2, 0) is 4.74 Å². The first kappa shape index (κ1) is 12.9. The van der Waals surface area contributed by atoms with Crippen LogP contribution in [-0.4, -0.2) is 45.8 Å². The molecule has 5 atom stereocenters. The highest BCUT2D eigenvalue weighted by Crippen LogP contribution is 2.30. The molecule has 1 fully saturated rings. The fraction of sp³-hybridized carbons (Fsp3) is 1.00. The van der Waals surface area contributed by atoms with Gasteiger partial charge in [0, 0.05) is 0 Å². The van der Waals surface area contributed by atoms with Gasteiger partial charge in [-0.3, -0.25) is 0 Å². The normalized spacial score (nSPS) is 43.0. The third-order valence-corrected chi connectivity index (χ3v) is 2.76. The Balaban J connectivity index is 2.67. The van der Waals surface area contributed by atoms with Crippen LogP contribution in [0.5, 0.6) is 0 Å². The topological polar surface area (TPSA) is 69.9 Å². The highest BCUT2D eigenvalue weighted by atomic mass is 16.5. The van der Waals surface area contributed by atoms with E-state index in [0.717, 1.165) is 0 Å². The van der Waals surface area contributed by atoms with Gasteiger partial charge in [-0.05, 0) is 18.8 Å².